The van der Waals surface area contributed by atoms with Gasteiger partial charge in [-0.25, -0.2) is 0 Å². The molecule has 0 bridgehead atoms. The average Bonchev–Trinajstić information content (AvgIpc) is 2.40. The summed E-state index contributed by atoms with van der Waals surface area (Å²) in [5.41, 5.74) is 1.14. The molecule has 3 atom stereocenters. The van der Waals surface area contributed by atoms with E-state index in [1.165, 1.54) is 30.6 Å². The van der Waals surface area contributed by atoms with Crippen molar-refractivity contribution in [3.05, 3.63) is 24.0 Å². The molecule has 1 heterocycles. The number of aromatic nitrogens is 1. The van der Waals surface area contributed by atoms with Gasteiger partial charge in [0.05, 0.1) is 5.69 Å². The van der Waals surface area contributed by atoms with Crippen LogP contribution in [0.4, 0.5) is 0 Å². The van der Waals surface area contributed by atoms with E-state index in [4.69, 9.17) is 0 Å². The second-order valence-electron chi connectivity index (χ2n) is 5.71. The van der Waals surface area contributed by atoms with Gasteiger partial charge in [-0.05, 0) is 44.4 Å². The van der Waals surface area contributed by atoms with E-state index in [1.807, 2.05) is 18.0 Å². The van der Waals surface area contributed by atoms with Crippen molar-refractivity contribution in [1.29, 1.82) is 0 Å². The molecule has 1 fully saturated rings. The number of hydrogen-bond acceptors (Lipinski definition) is 3. The van der Waals surface area contributed by atoms with Crippen LogP contribution in [0.15, 0.2) is 23.2 Å². The first-order chi connectivity index (χ1) is 9.19. The van der Waals surface area contributed by atoms with Gasteiger partial charge in [-0.1, -0.05) is 26.7 Å². The van der Waals surface area contributed by atoms with Gasteiger partial charge in [0.1, 0.15) is 0 Å². The third-order valence-corrected chi connectivity index (χ3v) is 5.18. The van der Waals surface area contributed by atoms with Crippen molar-refractivity contribution in [1.82, 2.24) is 10.3 Å². The maximum absolute atomic E-state index is 4.60. The van der Waals surface area contributed by atoms with E-state index in [2.05, 4.69) is 43.2 Å². The van der Waals surface area contributed by atoms with Gasteiger partial charge in [0.2, 0.25) is 0 Å². The zero-order valence-electron chi connectivity index (χ0n) is 12.4. The van der Waals surface area contributed by atoms with Crippen molar-refractivity contribution >= 4 is 11.8 Å². The fraction of sp³-hybridized carbons (Fsp3) is 0.688. The quantitative estimate of drug-likeness (QED) is 0.863. The van der Waals surface area contributed by atoms with Gasteiger partial charge in [0.25, 0.3) is 0 Å². The molecule has 19 heavy (non-hydrogen) atoms. The number of nitrogens with one attached hydrogen (secondary N) is 1. The average molecular weight is 278 g/mol. The van der Waals surface area contributed by atoms with Crippen molar-refractivity contribution < 1.29 is 0 Å². The number of thioether (sulfide) groups is 1. The molecule has 3 heteroatoms. The maximum Gasteiger partial charge on any atom is 0.0571 e. The van der Waals surface area contributed by atoms with Crippen molar-refractivity contribution in [2.45, 2.75) is 62.6 Å². The topological polar surface area (TPSA) is 24.9 Å². The molecule has 1 aromatic heterocycles. The first kappa shape index (κ1) is 14.9. The molecule has 106 valence electrons. The monoisotopic (exact) mass is 278 g/mol. The van der Waals surface area contributed by atoms with Gasteiger partial charge in [0, 0.05) is 22.4 Å². The molecule has 3 unspecified atom stereocenters. The zero-order valence-corrected chi connectivity index (χ0v) is 13.2. The highest BCUT2D eigenvalue weighted by atomic mass is 32.2. The van der Waals surface area contributed by atoms with Crippen LogP contribution in [0.25, 0.3) is 0 Å². The molecule has 1 aliphatic rings. The van der Waals surface area contributed by atoms with E-state index in [0.29, 0.717) is 6.04 Å². The molecule has 1 aromatic rings. The molecule has 2 nitrogen and oxygen atoms in total. The Labute approximate surface area is 121 Å². The Morgan fingerprint density at radius 2 is 2.26 bits per heavy atom. The van der Waals surface area contributed by atoms with Crippen molar-refractivity contribution in [3.63, 3.8) is 0 Å². The summed E-state index contributed by atoms with van der Waals surface area (Å²) in [7, 11) is 0. The molecular weight excluding hydrogens is 252 g/mol. The van der Waals surface area contributed by atoms with Crippen molar-refractivity contribution in [3.8, 4) is 0 Å². The van der Waals surface area contributed by atoms with Crippen LogP contribution in [0, 0.1) is 5.92 Å². The van der Waals surface area contributed by atoms with E-state index in [-0.39, 0.29) is 0 Å². The minimum absolute atomic E-state index is 0.346. The standard InChI is InChI=1S/C16H26N2S/c1-4-17-13(3)16-9-8-15(11-18-16)19-14-7-5-6-12(2)10-14/h8-9,11-14,17H,4-7,10H2,1-3H3. The largest absolute Gasteiger partial charge is 0.309 e. The Morgan fingerprint density at radius 1 is 1.42 bits per heavy atom. The highest BCUT2D eigenvalue weighted by Crippen LogP contribution is 2.35. The molecule has 0 spiro atoms. The van der Waals surface area contributed by atoms with Crippen LogP contribution in [0.2, 0.25) is 0 Å². The predicted octanol–water partition coefficient (Wildman–Crippen LogP) is 4.42. The summed E-state index contributed by atoms with van der Waals surface area (Å²) >= 11 is 2.02. The van der Waals surface area contributed by atoms with Crippen molar-refractivity contribution in [2.24, 2.45) is 5.92 Å². The van der Waals surface area contributed by atoms with Gasteiger partial charge in [-0.15, -0.1) is 11.8 Å². The van der Waals surface area contributed by atoms with Crippen LogP contribution in [0.3, 0.4) is 0 Å². The highest BCUT2D eigenvalue weighted by Gasteiger charge is 2.19. The molecule has 0 aliphatic heterocycles. The van der Waals surface area contributed by atoms with Gasteiger partial charge in [0.15, 0.2) is 0 Å². The Bertz CT molecular complexity index is 377. The molecule has 0 amide bonds. The van der Waals surface area contributed by atoms with Crippen LogP contribution in [0.1, 0.15) is 58.2 Å². The molecule has 1 aliphatic carbocycles. The molecule has 0 saturated heterocycles. The van der Waals surface area contributed by atoms with Gasteiger partial charge in [-0.2, -0.15) is 0 Å². The van der Waals surface area contributed by atoms with Crippen LogP contribution >= 0.6 is 11.8 Å². The lowest BCUT2D eigenvalue weighted by molar-refractivity contribution is 0.394. The van der Waals surface area contributed by atoms with Gasteiger partial charge >= 0.3 is 0 Å². The molecule has 0 aromatic carbocycles. The highest BCUT2D eigenvalue weighted by molar-refractivity contribution is 8.00. The first-order valence-corrected chi connectivity index (χ1v) is 8.43. The molecule has 0 radical (unpaired) electrons. The summed E-state index contributed by atoms with van der Waals surface area (Å²) < 4.78 is 0. The van der Waals surface area contributed by atoms with Gasteiger partial charge in [-0.3, -0.25) is 4.98 Å². The van der Waals surface area contributed by atoms with Crippen LogP contribution < -0.4 is 5.32 Å². The SMILES string of the molecule is CCNC(C)c1ccc(SC2CCCC(C)C2)cn1. The van der Waals surface area contributed by atoms with Gasteiger partial charge < -0.3 is 5.32 Å². The summed E-state index contributed by atoms with van der Waals surface area (Å²) in [6.07, 6.45) is 7.58. The number of hydrogen-bond donors (Lipinski definition) is 1. The second kappa shape index (κ2) is 7.30. The normalized spacial score (nSPS) is 25.2. The number of pyridine rings is 1. The van der Waals surface area contributed by atoms with Crippen LogP contribution in [-0.2, 0) is 0 Å². The fourth-order valence-electron chi connectivity index (χ4n) is 2.81. The zero-order chi connectivity index (χ0) is 13.7. The number of rotatable bonds is 5. The summed E-state index contributed by atoms with van der Waals surface area (Å²) in [5.74, 6) is 0.896. The maximum atomic E-state index is 4.60. The molecular formula is C16H26N2S. The lowest BCUT2D eigenvalue weighted by Gasteiger charge is -2.26. The number of nitrogens with zero attached hydrogens (tertiary/aromatic N) is 1. The van der Waals surface area contributed by atoms with E-state index < -0.39 is 0 Å². The summed E-state index contributed by atoms with van der Waals surface area (Å²) in [5, 5.41) is 4.19. The molecule has 1 saturated carbocycles. The minimum Gasteiger partial charge on any atom is -0.309 e. The second-order valence-corrected chi connectivity index (χ2v) is 7.08. The third kappa shape index (κ3) is 4.50. The molecule has 2 rings (SSSR count). The summed E-state index contributed by atoms with van der Waals surface area (Å²) in [6.45, 7) is 7.66. The smallest absolute Gasteiger partial charge is 0.0571 e. The van der Waals surface area contributed by atoms with E-state index in [0.717, 1.165) is 23.4 Å². The fourth-order valence-corrected chi connectivity index (χ4v) is 4.16. The Kier molecular flexibility index (Phi) is 5.71. The first-order valence-electron chi connectivity index (χ1n) is 7.55. The van der Waals surface area contributed by atoms with E-state index in [1.54, 1.807) is 0 Å². The van der Waals surface area contributed by atoms with E-state index >= 15 is 0 Å². The van der Waals surface area contributed by atoms with Crippen LogP contribution in [0.5, 0.6) is 0 Å². The lowest BCUT2D eigenvalue weighted by Crippen LogP contribution is -2.18. The third-order valence-electron chi connectivity index (χ3n) is 3.90. The van der Waals surface area contributed by atoms with Crippen LogP contribution in [-0.4, -0.2) is 16.8 Å². The Morgan fingerprint density at radius 3 is 2.89 bits per heavy atom. The predicted molar refractivity (Wildman–Crippen MR) is 83.6 cm³/mol. The molecule has 1 N–H and O–H groups in total. The lowest BCUT2D eigenvalue weighted by atomic mass is 9.91. The Balaban J connectivity index is 1.91. The minimum atomic E-state index is 0.346. The summed E-state index contributed by atoms with van der Waals surface area (Å²) in [4.78, 5) is 5.92. The van der Waals surface area contributed by atoms with E-state index in [9.17, 15) is 0 Å². The Hall–Kier alpha value is -0.540. The van der Waals surface area contributed by atoms with Crippen molar-refractivity contribution in [2.75, 3.05) is 6.54 Å². The summed E-state index contributed by atoms with van der Waals surface area (Å²) in [6, 6.07) is 4.75.